The van der Waals surface area contributed by atoms with Crippen LogP contribution in [0.5, 0.6) is 0 Å². The number of ether oxygens (including phenoxy) is 1. The highest BCUT2D eigenvalue weighted by Crippen LogP contribution is 2.29. The lowest BCUT2D eigenvalue weighted by atomic mass is 10.0. The average molecular weight is 507 g/mol. The number of nitrogens with zero attached hydrogens (tertiary/aromatic N) is 6. The Morgan fingerprint density at radius 3 is 2.68 bits per heavy atom. The molecule has 10 nitrogen and oxygen atoms in total. The number of hydrogen-bond acceptors (Lipinski definition) is 9. The number of carbonyl (C=O) groups is 1. The van der Waals surface area contributed by atoms with Crippen molar-refractivity contribution in [2.45, 2.75) is 59.0 Å². The number of aromatic nitrogens is 3. The van der Waals surface area contributed by atoms with Gasteiger partial charge in [-0.15, -0.1) is 0 Å². The minimum absolute atomic E-state index is 0.233. The van der Waals surface area contributed by atoms with E-state index in [1.54, 1.807) is 0 Å². The second kappa shape index (κ2) is 12.9. The molecule has 1 unspecified atom stereocenters. The van der Waals surface area contributed by atoms with Gasteiger partial charge < -0.3 is 25.2 Å². The molecule has 1 aliphatic heterocycles. The van der Waals surface area contributed by atoms with Crippen LogP contribution in [0.25, 0.3) is 0 Å². The summed E-state index contributed by atoms with van der Waals surface area (Å²) in [6.45, 7) is 9.97. The fourth-order valence-electron chi connectivity index (χ4n) is 4.00. The zero-order valence-electron chi connectivity index (χ0n) is 22.5. The molecule has 1 atom stereocenters. The molecular weight excluding hydrogens is 468 g/mol. The first kappa shape index (κ1) is 27.7. The van der Waals surface area contributed by atoms with Gasteiger partial charge in [-0.2, -0.15) is 5.26 Å². The Morgan fingerprint density at radius 1 is 1.22 bits per heavy atom. The second-order valence-corrected chi connectivity index (χ2v) is 10.2. The fraction of sp³-hybridized carbons (Fsp3) is 0.519. The Morgan fingerprint density at radius 2 is 2.00 bits per heavy atom. The van der Waals surface area contributed by atoms with Crippen molar-refractivity contribution < 1.29 is 9.53 Å². The van der Waals surface area contributed by atoms with Gasteiger partial charge in [-0.1, -0.05) is 13.0 Å². The van der Waals surface area contributed by atoms with Crippen molar-refractivity contribution in [3.63, 3.8) is 0 Å². The summed E-state index contributed by atoms with van der Waals surface area (Å²) in [5.74, 6) is 1.55. The Balaban J connectivity index is 1.70. The second-order valence-electron chi connectivity index (χ2n) is 10.2. The van der Waals surface area contributed by atoms with Crippen LogP contribution >= 0.6 is 0 Å². The predicted molar refractivity (Wildman–Crippen MR) is 146 cm³/mol. The molecule has 0 aromatic carbocycles. The van der Waals surface area contributed by atoms with Crippen LogP contribution in [0, 0.1) is 17.2 Å². The molecule has 0 spiro atoms. The number of likely N-dealkylation sites (tertiary alicyclic amines) is 1. The molecule has 3 rings (SSSR count). The molecule has 2 N–H and O–H groups in total. The summed E-state index contributed by atoms with van der Waals surface area (Å²) in [5.41, 5.74) is 1.66. The highest BCUT2D eigenvalue weighted by atomic mass is 16.6. The van der Waals surface area contributed by atoms with Crippen LogP contribution in [0.3, 0.4) is 0 Å². The first-order chi connectivity index (χ1) is 17.7. The largest absolute Gasteiger partial charge is 0.444 e. The molecule has 0 saturated carbocycles. The number of hydrogen-bond donors (Lipinski definition) is 2. The van der Waals surface area contributed by atoms with Crippen molar-refractivity contribution in [3.05, 3.63) is 42.6 Å². The van der Waals surface area contributed by atoms with Gasteiger partial charge in [0.05, 0.1) is 30.0 Å². The molecular formula is C27H38N8O2. The summed E-state index contributed by atoms with van der Waals surface area (Å²) in [5, 5.41) is 15.7. The average Bonchev–Trinajstić information content (AvgIpc) is 3.11. The fourth-order valence-corrected chi connectivity index (χ4v) is 4.00. The van der Waals surface area contributed by atoms with E-state index in [4.69, 9.17) is 10.00 Å². The van der Waals surface area contributed by atoms with Gasteiger partial charge in [0.2, 0.25) is 0 Å². The molecule has 1 amide bonds. The van der Waals surface area contributed by atoms with E-state index in [1.165, 1.54) is 12.4 Å². The number of nitriles is 1. The predicted octanol–water partition coefficient (Wildman–Crippen LogP) is 5.30. The van der Waals surface area contributed by atoms with E-state index in [2.05, 4.69) is 38.6 Å². The molecule has 37 heavy (non-hydrogen) atoms. The lowest BCUT2D eigenvalue weighted by Gasteiger charge is -2.26. The number of carbonyl (C=O) groups excluding carboxylic acids is 1. The first-order valence-electron chi connectivity index (χ1n) is 12.8. The number of nitrogens with one attached hydrogen (secondary N) is 2. The molecule has 1 aliphatic rings. The van der Waals surface area contributed by atoms with Gasteiger partial charge in [-0.3, -0.25) is 0 Å². The molecule has 198 valence electrons. The number of pyridine rings is 1. The quantitative estimate of drug-likeness (QED) is 0.492. The third kappa shape index (κ3) is 8.63. The molecule has 1 fully saturated rings. The molecule has 0 aliphatic carbocycles. The van der Waals surface area contributed by atoms with Crippen LogP contribution in [0.2, 0.25) is 0 Å². The van der Waals surface area contributed by atoms with Gasteiger partial charge in [-0.25, -0.2) is 19.7 Å². The van der Waals surface area contributed by atoms with Crippen LogP contribution in [0.1, 0.15) is 59.1 Å². The number of rotatable bonds is 8. The summed E-state index contributed by atoms with van der Waals surface area (Å²) < 4.78 is 5.57. The molecule has 0 bridgehead atoms. The van der Waals surface area contributed by atoms with Gasteiger partial charge in [-0.05, 0) is 58.6 Å². The van der Waals surface area contributed by atoms with Gasteiger partial charge in [0.25, 0.3) is 0 Å². The summed E-state index contributed by atoms with van der Waals surface area (Å²) in [4.78, 5) is 29.2. The topological polar surface area (TPSA) is 119 Å². The van der Waals surface area contributed by atoms with Gasteiger partial charge in [0, 0.05) is 32.7 Å². The summed E-state index contributed by atoms with van der Waals surface area (Å²) in [6.07, 6.45) is 12.5. The Labute approximate surface area is 219 Å². The van der Waals surface area contributed by atoms with Crippen molar-refractivity contribution in [3.8, 4) is 6.07 Å². The Hall–Kier alpha value is -3.87. The zero-order chi connectivity index (χ0) is 26.8. The minimum atomic E-state index is -0.491. The zero-order valence-corrected chi connectivity index (χ0v) is 22.5. The highest BCUT2D eigenvalue weighted by molar-refractivity contribution is 5.74. The van der Waals surface area contributed by atoms with E-state index in [-0.39, 0.29) is 11.8 Å². The molecule has 0 radical (unpaired) electrons. The van der Waals surface area contributed by atoms with E-state index in [1.807, 2.05) is 62.2 Å². The van der Waals surface area contributed by atoms with Crippen LogP contribution in [0.4, 0.5) is 27.8 Å². The van der Waals surface area contributed by atoms with E-state index >= 15 is 0 Å². The molecule has 10 heteroatoms. The van der Waals surface area contributed by atoms with Gasteiger partial charge in [0.15, 0.2) is 5.69 Å². The monoisotopic (exact) mass is 506 g/mol. The van der Waals surface area contributed by atoms with Gasteiger partial charge in [0.1, 0.15) is 23.3 Å². The number of anilines is 4. The van der Waals surface area contributed by atoms with Crippen LogP contribution in [0.15, 0.2) is 36.9 Å². The minimum Gasteiger partial charge on any atom is -0.444 e. The maximum absolute atomic E-state index is 12.5. The highest BCUT2D eigenvalue weighted by Gasteiger charge is 2.25. The van der Waals surface area contributed by atoms with E-state index in [9.17, 15) is 4.79 Å². The van der Waals surface area contributed by atoms with E-state index in [0.717, 1.165) is 50.1 Å². The van der Waals surface area contributed by atoms with E-state index in [0.29, 0.717) is 24.1 Å². The van der Waals surface area contributed by atoms with Crippen LogP contribution < -0.4 is 15.5 Å². The van der Waals surface area contributed by atoms with E-state index < -0.39 is 5.60 Å². The summed E-state index contributed by atoms with van der Waals surface area (Å²) in [7, 11) is 2.00. The van der Waals surface area contributed by atoms with Crippen molar-refractivity contribution in [1.29, 1.82) is 5.26 Å². The van der Waals surface area contributed by atoms with Crippen molar-refractivity contribution in [2.75, 3.05) is 42.2 Å². The third-order valence-corrected chi connectivity index (χ3v) is 5.93. The lowest BCUT2D eigenvalue weighted by molar-refractivity contribution is 0.0255. The van der Waals surface area contributed by atoms with Crippen molar-refractivity contribution >= 4 is 29.1 Å². The van der Waals surface area contributed by atoms with Crippen LogP contribution in [-0.2, 0) is 4.74 Å². The molecule has 2 aromatic heterocycles. The molecule has 3 heterocycles. The summed E-state index contributed by atoms with van der Waals surface area (Å²) >= 11 is 0. The van der Waals surface area contributed by atoms with Gasteiger partial charge >= 0.3 is 6.09 Å². The first-order valence-corrected chi connectivity index (χ1v) is 12.8. The third-order valence-electron chi connectivity index (χ3n) is 5.93. The Bertz CT molecular complexity index is 1100. The molecule has 2 aromatic rings. The lowest BCUT2D eigenvalue weighted by Crippen LogP contribution is -2.37. The smallest absolute Gasteiger partial charge is 0.410 e. The Kier molecular flexibility index (Phi) is 9.66. The SMILES string of the molecule is CC/C=C\N(C)c1cnc(Nc2cnc(C#N)cn2)cc1NCC1CCCN(C(=O)OC(C)(C)C)CC1. The number of amides is 1. The maximum Gasteiger partial charge on any atom is 0.410 e. The standard InChI is InChI=1S/C27H38N8O2/c1-6-7-11-34(5)23-18-32-24(33-25-19-29-21(15-28)17-31-25)14-22(23)30-16-20-9-8-12-35(13-10-20)26(36)37-27(2,3)4/h7,11,14,17-20H,6,8-10,12-13,16H2,1-5H3,(H2,30,31,32,33)/b11-7-. The molecule has 1 saturated heterocycles. The van der Waals surface area contributed by atoms with Crippen LogP contribution in [-0.4, -0.2) is 58.2 Å². The normalized spacial score (nSPS) is 16.1. The number of allylic oxidation sites excluding steroid dienone is 1. The maximum atomic E-state index is 12.5. The summed E-state index contributed by atoms with van der Waals surface area (Å²) in [6, 6.07) is 3.92. The van der Waals surface area contributed by atoms with Crippen molar-refractivity contribution in [1.82, 2.24) is 19.9 Å². The van der Waals surface area contributed by atoms with Crippen molar-refractivity contribution in [2.24, 2.45) is 5.92 Å².